The Morgan fingerprint density at radius 3 is 2.81 bits per heavy atom. The van der Waals surface area contributed by atoms with Gasteiger partial charge in [0, 0.05) is 40.4 Å². The SMILES string of the molecule is Clc1ccccc1C(CNC1CC1)Cc1cncc(Br)c1. The summed E-state index contributed by atoms with van der Waals surface area (Å²) in [4.78, 5) is 4.26. The summed E-state index contributed by atoms with van der Waals surface area (Å²) in [6, 6.07) is 11.0. The largest absolute Gasteiger partial charge is 0.313 e. The van der Waals surface area contributed by atoms with E-state index in [1.54, 1.807) is 0 Å². The summed E-state index contributed by atoms with van der Waals surface area (Å²) in [6.45, 7) is 0.959. The molecular formula is C17H18BrClN2. The zero-order chi connectivity index (χ0) is 14.7. The maximum absolute atomic E-state index is 6.39. The van der Waals surface area contributed by atoms with Crippen LogP contribution in [0.15, 0.2) is 47.2 Å². The average molecular weight is 366 g/mol. The van der Waals surface area contributed by atoms with Crippen LogP contribution in [0.1, 0.15) is 29.9 Å². The molecule has 1 N–H and O–H groups in total. The first kappa shape index (κ1) is 15.0. The quantitative estimate of drug-likeness (QED) is 0.810. The van der Waals surface area contributed by atoms with Crippen molar-refractivity contribution in [2.24, 2.45) is 0 Å². The van der Waals surface area contributed by atoms with Gasteiger partial charge in [-0.15, -0.1) is 0 Å². The van der Waals surface area contributed by atoms with Crippen molar-refractivity contribution in [2.75, 3.05) is 6.54 Å². The molecule has 1 unspecified atom stereocenters. The minimum Gasteiger partial charge on any atom is -0.313 e. The number of hydrogen-bond donors (Lipinski definition) is 1. The fourth-order valence-corrected chi connectivity index (χ4v) is 3.25. The van der Waals surface area contributed by atoms with E-state index >= 15 is 0 Å². The van der Waals surface area contributed by atoms with Crippen LogP contribution in [0.5, 0.6) is 0 Å². The zero-order valence-electron chi connectivity index (χ0n) is 11.7. The molecule has 1 aliphatic rings. The van der Waals surface area contributed by atoms with Gasteiger partial charge >= 0.3 is 0 Å². The third kappa shape index (κ3) is 4.29. The average Bonchev–Trinajstić information content (AvgIpc) is 3.28. The van der Waals surface area contributed by atoms with E-state index in [2.05, 4.69) is 44.4 Å². The minimum atomic E-state index is 0.371. The van der Waals surface area contributed by atoms with Crippen LogP contribution in [0, 0.1) is 0 Å². The summed E-state index contributed by atoms with van der Waals surface area (Å²) in [5.41, 5.74) is 2.44. The lowest BCUT2D eigenvalue weighted by Crippen LogP contribution is -2.25. The van der Waals surface area contributed by atoms with Crippen LogP contribution in [0.4, 0.5) is 0 Å². The Morgan fingerprint density at radius 1 is 1.29 bits per heavy atom. The van der Waals surface area contributed by atoms with Gasteiger partial charge in [0.1, 0.15) is 0 Å². The number of pyridine rings is 1. The van der Waals surface area contributed by atoms with Crippen molar-refractivity contribution in [1.29, 1.82) is 0 Å². The molecule has 1 saturated carbocycles. The number of nitrogens with zero attached hydrogens (tertiary/aromatic N) is 1. The van der Waals surface area contributed by atoms with Crippen molar-refractivity contribution in [2.45, 2.75) is 31.2 Å². The highest BCUT2D eigenvalue weighted by atomic mass is 79.9. The fraction of sp³-hybridized carbons (Fsp3) is 0.353. The number of benzene rings is 1. The molecule has 0 spiro atoms. The van der Waals surface area contributed by atoms with E-state index in [9.17, 15) is 0 Å². The monoisotopic (exact) mass is 364 g/mol. The van der Waals surface area contributed by atoms with Gasteiger partial charge in [0.25, 0.3) is 0 Å². The van der Waals surface area contributed by atoms with Crippen LogP contribution in [-0.2, 0) is 6.42 Å². The van der Waals surface area contributed by atoms with E-state index in [-0.39, 0.29) is 0 Å². The highest BCUT2D eigenvalue weighted by Crippen LogP contribution is 2.29. The van der Waals surface area contributed by atoms with Crippen molar-refractivity contribution >= 4 is 27.5 Å². The van der Waals surface area contributed by atoms with Crippen LogP contribution < -0.4 is 5.32 Å². The number of nitrogens with one attached hydrogen (secondary N) is 1. The van der Waals surface area contributed by atoms with E-state index in [1.165, 1.54) is 24.0 Å². The van der Waals surface area contributed by atoms with Gasteiger partial charge in [-0.1, -0.05) is 29.8 Å². The van der Waals surface area contributed by atoms with E-state index in [4.69, 9.17) is 11.6 Å². The molecule has 1 fully saturated rings. The third-order valence-corrected chi connectivity index (χ3v) is 4.60. The molecule has 0 bridgehead atoms. The van der Waals surface area contributed by atoms with Gasteiger partial charge in [-0.2, -0.15) is 0 Å². The van der Waals surface area contributed by atoms with Gasteiger partial charge in [-0.25, -0.2) is 0 Å². The topological polar surface area (TPSA) is 24.9 Å². The Bertz CT molecular complexity index is 613. The molecule has 1 aliphatic carbocycles. The predicted octanol–water partition coefficient (Wildman–Crippen LogP) is 4.58. The minimum absolute atomic E-state index is 0.371. The molecule has 0 radical (unpaired) electrons. The Labute approximate surface area is 139 Å². The first-order valence-electron chi connectivity index (χ1n) is 7.29. The summed E-state index contributed by atoms with van der Waals surface area (Å²) in [6.07, 6.45) is 7.29. The lowest BCUT2D eigenvalue weighted by Gasteiger charge is -2.19. The smallest absolute Gasteiger partial charge is 0.0441 e. The van der Waals surface area contributed by atoms with Gasteiger partial charge in [-0.3, -0.25) is 4.98 Å². The number of rotatable bonds is 6. The Balaban J connectivity index is 1.79. The highest BCUT2D eigenvalue weighted by molar-refractivity contribution is 9.10. The lowest BCUT2D eigenvalue weighted by molar-refractivity contribution is 0.576. The second-order valence-electron chi connectivity index (χ2n) is 5.62. The van der Waals surface area contributed by atoms with Crippen molar-refractivity contribution in [3.63, 3.8) is 0 Å². The Kier molecular flexibility index (Phi) is 4.94. The molecule has 110 valence electrons. The van der Waals surface area contributed by atoms with Gasteiger partial charge in [0.2, 0.25) is 0 Å². The van der Waals surface area contributed by atoms with Gasteiger partial charge in [-0.05, 0) is 58.5 Å². The van der Waals surface area contributed by atoms with Crippen molar-refractivity contribution < 1.29 is 0 Å². The summed E-state index contributed by atoms with van der Waals surface area (Å²) in [5, 5.41) is 4.48. The Hall–Kier alpha value is -0.900. The van der Waals surface area contributed by atoms with E-state index < -0.39 is 0 Å². The molecule has 3 rings (SSSR count). The molecule has 1 atom stereocenters. The van der Waals surface area contributed by atoms with Crippen LogP contribution in [0.2, 0.25) is 5.02 Å². The predicted molar refractivity (Wildman–Crippen MR) is 90.9 cm³/mol. The molecule has 0 aliphatic heterocycles. The summed E-state index contributed by atoms with van der Waals surface area (Å²) in [5.74, 6) is 0.371. The summed E-state index contributed by atoms with van der Waals surface area (Å²) >= 11 is 9.89. The van der Waals surface area contributed by atoms with Crippen molar-refractivity contribution in [3.8, 4) is 0 Å². The zero-order valence-corrected chi connectivity index (χ0v) is 14.1. The van der Waals surface area contributed by atoms with E-state index in [1.807, 2.05) is 24.5 Å². The lowest BCUT2D eigenvalue weighted by atomic mass is 9.92. The van der Waals surface area contributed by atoms with Crippen molar-refractivity contribution in [3.05, 3.63) is 63.3 Å². The van der Waals surface area contributed by atoms with Gasteiger partial charge in [0.05, 0.1) is 0 Å². The fourth-order valence-electron chi connectivity index (χ4n) is 2.55. The maximum atomic E-state index is 6.39. The number of hydrogen-bond acceptors (Lipinski definition) is 2. The highest BCUT2D eigenvalue weighted by Gasteiger charge is 2.23. The number of aromatic nitrogens is 1. The molecule has 4 heteroatoms. The molecule has 1 aromatic heterocycles. The summed E-state index contributed by atoms with van der Waals surface area (Å²) in [7, 11) is 0. The first-order valence-corrected chi connectivity index (χ1v) is 8.46. The summed E-state index contributed by atoms with van der Waals surface area (Å²) < 4.78 is 1.02. The van der Waals surface area contributed by atoms with Gasteiger partial charge in [0.15, 0.2) is 0 Å². The van der Waals surface area contributed by atoms with Crippen LogP contribution in [-0.4, -0.2) is 17.6 Å². The molecule has 2 aromatic rings. The molecule has 1 heterocycles. The molecule has 21 heavy (non-hydrogen) atoms. The van der Waals surface area contributed by atoms with Crippen LogP contribution in [0.3, 0.4) is 0 Å². The van der Waals surface area contributed by atoms with Crippen LogP contribution >= 0.6 is 27.5 Å². The van der Waals surface area contributed by atoms with E-state index in [0.717, 1.165) is 22.5 Å². The molecular weight excluding hydrogens is 348 g/mol. The normalized spacial score (nSPS) is 15.9. The molecule has 2 nitrogen and oxygen atoms in total. The molecule has 1 aromatic carbocycles. The second-order valence-corrected chi connectivity index (χ2v) is 6.94. The maximum Gasteiger partial charge on any atom is 0.0441 e. The number of halogens is 2. The van der Waals surface area contributed by atoms with Gasteiger partial charge < -0.3 is 5.32 Å². The van der Waals surface area contributed by atoms with Crippen LogP contribution in [0.25, 0.3) is 0 Å². The van der Waals surface area contributed by atoms with Crippen molar-refractivity contribution in [1.82, 2.24) is 10.3 Å². The first-order chi connectivity index (χ1) is 10.2. The third-order valence-electron chi connectivity index (χ3n) is 3.82. The standard InChI is InChI=1S/C17H18BrClN2/c18-14-8-12(9-20-11-14)7-13(10-21-15-5-6-15)16-3-1-2-4-17(16)19/h1-4,8-9,11,13,15,21H,5-7,10H2. The van der Waals surface area contributed by atoms with E-state index in [0.29, 0.717) is 12.0 Å². The second kappa shape index (κ2) is 6.91. The molecule has 0 saturated heterocycles. The Morgan fingerprint density at radius 2 is 2.10 bits per heavy atom. The molecule has 0 amide bonds.